The highest BCUT2D eigenvalue weighted by atomic mass is 16.3. The van der Waals surface area contributed by atoms with Crippen LogP contribution in [0.25, 0.3) is 0 Å². The lowest BCUT2D eigenvalue weighted by Crippen LogP contribution is -2.55. The van der Waals surface area contributed by atoms with Crippen LogP contribution in [0.1, 0.15) is 91.9 Å². The van der Waals surface area contributed by atoms with E-state index in [0.717, 1.165) is 49.5 Å². The first-order valence-electron chi connectivity index (χ1n) is 13.3. The zero-order chi connectivity index (χ0) is 21.3. The first-order valence-corrected chi connectivity index (χ1v) is 13.3. The maximum Gasteiger partial charge on any atom is 0.0579 e. The molecule has 0 radical (unpaired) electrons. The van der Waals surface area contributed by atoms with E-state index in [1.165, 1.54) is 44.9 Å². The molecule has 0 aromatic rings. The molecule has 1 unspecified atom stereocenters. The lowest BCUT2D eigenvalue weighted by molar-refractivity contribution is -0.130. The molecule has 172 valence electrons. The number of hydrogen-bond acceptors (Lipinski definition) is 3. The fourth-order valence-electron chi connectivity index (χ4n) is 9.96. The minimum atomic E-state index is -0.117. The largest absolute Gasteiger partial charge is 0.393 e. The number of nitrogens with one attached hydrogen (secondary N) is 1. The summed E-state index contributed by atoms with van der Waals surface area (Å²) in [5.74, 6) is 4.85. The van der Waals surface area contributed by atoms with Crippen molar-refractivity contribution in [3.05, 3.63) is 0 Å². The second-order valence-electron chi connectivity index (χ2n) is 13.0. The molecule has 0 bridgehead atoms. The van der Waals surface area contributed by atoms with Gasteiger partial charge in [0.2, 0.25) is 0 Å². The van der Waals surface area contributed by atoms with Gasteiger partial charge < -0.3 is 15.5 Å². The van der Waals surface area contributed by atoms with Gasteiger partial charge in [-0.3, -0.25) is 0 Å². The first-order chi connectivity index (χ1) is 14.2. The quantitative estimate of drug-likeness (QED) is 0.592. The fraction of sp³-hybridized carbons (Fsp3) is 1.00. The summed E-state index contributed by atoms with van der Waals surface area (Å²) in [5.41, 5.74) is 0.737. The van der Waals surface area contributed by atoms with Crippen LogP contribution in [-0.2, 0) is 0 Å². The average molecular weight is 418 g/mol. The third-order valence-electron chi connectivity index (χ3n) is 11.6. The number of rotatable bonds is 2. The van der Waals surface area contributed by atoms with Crippen LogP contribution in [0.15, 0.2) is 0 Å². The van der Waals surface area contributed by atoms with Gasteiger partial charge in [-0.2, -0.15) is 0 Å². The Balaban J connectivity index is 1.37. The van der Waals surface area contributed by atoms with E-state index in [-0.39, 0.29) is 12.2 Å². The molecule has 1 heterocycles. The monoisotopic (exact) mass is 417 g/mol. The zero-order valence-electron chi connectivity index (χ0n) is 19.9. The highest BCUT2D eigenvalue weighted by Gasteiger charge is 2.63. The van der Waals surface area contributed by atoms with Gasteiger partial charge in [-0.15, -0.1) is 0 Å². The van der Waals surface area contributed by atoms with Gasteiger partial charge in [-0.05, 0) is 123 Å². The Kier molecular flexibility index (Phi) is 5.60. The van der Waals surface area contributed by atoms with Gasteiger partial charge in [0.05, 0.1) is 12.2 Å². The van der Waals surface area contributed by atoms with Crippen LogP contribution in [0.3, 0.4) is 0 Å². The second-order valence-corrected chi connectivity index (χ2v) is 13.0. The third-order valence-corrected chi connectivity index (χ3v) is 11.6. The highest BCUT2D eigenvalue weighted by molar-refractivity contribution is 5.12. The van der Waals surface area contributed by atoms with Gasteiger partial charge in [0.15, 0.2) is 0 Å². The van der Waals surface area contributed by atoms with Crippen molar-refractivity contribution in [1.29, 1.82) is 0 Å². The molecule has 30 heavy (non-hydrogen) atoms. The topological polar surface area (TPSA) is 52.5 Å². The Morgan fingerprint density at radius 1 is 0.867 bits per heavy atom. The van der Waals surface area contributed by atoms with Crippen molar-refractivity contribution in [1.82, 2.24) is 5.32 Å². The van der Waals surface area contributed by atoms with E-state index in [4.69, 9.17) is 0 Å². The first kappa shape index (κ1) is 21.7. The standard InChI is InChI=1S/C27H47NO2/c1-16-5-8-23(28-15-16)17(2)25-24(30)14-22-20-7-6-18-13-19(29)9-11-26(18,3)21(20)10-12-27(22,25)4/h16-25,28-30H,5-15H2,1-4H3/t16-,17+,18-,19-,20+,21-,22-,23?,24-,25-,26-,27-/m0/s1. The maximum absolute atomic E-state index is 11.4. The van der Waals surface area contributed by atoms with Gasteiger partial charge in [0.25, 0.3) is 0 Å². The third kappa shape index (κ3) is 3.24. The van der Waals surface area contributed by atoms with Crippen molar-refractivity contribution >= 4 is 0 Å². The molecule has 3 heteroatoms. The van der Waals surface area contributed by atoms with Crippen LogP contribution in [0, 0.1) is 52.3 Å². The maximum atomic E-state index is 11.4. The van der Waals surface area contributed by atoms with Gasteiger partial charge in [-0.1, -0.05) is 27.7 Å². The Labute approximate surface area is 184 Å². The molecule has 0 aromatic heterocycles. The smallest absolute Gasteiger partial charge is 0.0579 e. The Bertz CT molecular complexity index is 630. The van der Waals surface area contributed by atoms with E-state index in [2.05, 4.69) is 33.0 Å². The molecule has 0 spiro atoms. The molecule has 0 aromatic carbocycles. The van der Waals surface area contributed by atoms with Crippen molar-refractivity contribution < 1.29 is 10.2 Å². The second kappa shape index (κ2) is 7.73. The van der Waals surface area contributed by atoms with E-state index >= 15 is 0 Å². The number of fused-ring (bicyclic) bond motifs is 5. The summed E-state index contributed by atoms with van der Waals surface area (Å²) < 4.78 is 0. The molecule has 1 saturated heterocycles. The van der Waals surface area contributed by atoms with Crippen molar-refractivity contribution in [2.24, 2.45) is 52.3 Å². The number of aliphatic hydroxyl groups is 2. The van der Waals surface area contributed by atoms with Gasteiger partial charge in [0, 0.05) is 6.04 Å². The van der Waals surface area contributed by atoms with Gasteiger partial charge in [-0.25, -0.2) is 0 Å². The van der Waals surface area contributed by atoms with Crippen molar-refractivity contribution in [3.63, 3.8) is 0 Å². The summed E-state index contributed by atoms with van der Waals surface area (Å²) in [5, 5.41) is 25.5. The normalized spacial score (nSPS) is 57.2. The Morgan fingerprint density at radius 3 is 2.37 bits per heavy atom. The van der Waals surface area contributed by atoms with E-state index in [9.17, 15) is 10.2 Å². The summed E-state index contributed by atoms with van der Waals surface area (Å²) in [4.78, 5) is 0. The van der Waals surface area contributed by atoms with Crippen LogP contribution >= 0.6 is 0 Å². The number of aliphatic hydroxyl groups excluding tert-OH is 2. The fourth-order valence-corrected chi connectivity index (χ4v) is 9.96. The molecule has 5 fully saturated rings. The molecular formula is C27H47NO2. The molecular weight excluding hydrogens is 370 g/mol. The van der Waals surface area contributed by atoms with Crippen LogP contribution in [0.2, 0.25) is 0 Å². The summed E-state index contributed by atoms with van der Waals surface area (Å²) in [7, 11) is 0. The number of hydrogen-bond donors (Lipinski definition) is 3. The van der Waals surface area contributed by atoms with Crippen molar-refractivity contribution in [3.8, 4) is 0 Å². The van der Waals surface area contributed by atoms with E-state index in [0.29, 0.717) is 34.6 Å². The number of piperidine rings is 1. The molecule has 12 atom stereocenters. The zero-order valence-corrected chi connectivity index (χ0v) is 19.9. The lowest BCUT2D eigenvalue weighted by atomic mass is 9.44. The summed E-state index contributed by atoms with van der Waals surface area (Å²) >= 11 is 0. The van der Waals surface area contributed by atoms with Crippen LogP contribution in [-0.4, -0.2) is 35.0 Å². The molecule has 3 N–H and O–H groups in total. The average Bonchev–Trinajstić information content (AvgIpc) is 2.98. The molecule has 3 nitrogen and oxygen atoms in total. The van der Waals surface area contributed by atoms with E-state index in [1.54, 1.807) is 0 Å². The van der Waals surface area contributed by atoms with Crippen LogP contribution < -0.4 is 5.32 Å². The molecule has 5 aliphatic rings. The molecule has 4 saturated carbocycles. The lowest BCUT2D eigenvalue weighted by Gasteiger charge is -2.61. The van der Waals surface area contributed by atoms with E-state index in [1.807, 2.05) is 0 Å². The molecule has 0 amide bonds. The minimum Gasteiger partial charge on any atom is -0.393 e. The van der Waals surface area contributed by atoms with E-state index < -0.39 is 0 Å². The molecule has 5 rings (SSSR count). The summed E-state index contributed by atoms with van der Waals surface area (Å²) in [6.45, 7) is 11.1. The van der Waals surface area contributed by atoms with Crippen LogP contribution in [0.5, 0.6) is 0 Å². The minimum absolute atomic E-state index is 0.0577. The van der Waals surface area contributed by atoms with Gasteiger partial charge in [0.1, 0.15) is 0 Å². The highest BCUT2D eigenvalue weighted by Crippen LogP contribution is 2.68. The summed E-state index contributed by atoms with van der Waals surface area (Å²) in [6, 6.07) is 0.585. The predicted molar refractivity (Wildman–Crippen MR) is 122 cm³/mol. The molecule has 1 aliphatic heterocycles. The summed E-state index contributed by atoms with van der Waals surface area (Å²) in [6.07, 6.45) is 12.0. The predicted octanol–water partition coefficient (Wildman–Crippen LogP) is 5.00. The molecule has 4 aliphatic carbocycles. The SMILES string of the molecule is C[C@H]1CCC([C@@H](C)[C@H]2[C@@H](O)C[C@H]3[C@@H]4CC[C@H]5C[C@@H](O)CC[C@]5(C)[C@H]4CC[C@]23C)NC1. The van der Waals surface area contributed by atoms with Crippen molar-refractivity contribution in [2.75, 3.05) is 6.54 Å². The van der Waals surface area contributed by atoms with Crippen molar-refractivity contribution in [2.45, 2.75) is 110 Å². The Morgan fingerprint density at radius 2 is 1.63 bits per heavy atom. The Hall–Kier alpha value is -0.120. The van der Waals surface area contributed by atoms with Gasteiger partial charge >= 0.3 is 0 Å². The van der Waals surface area contributed by atoms with Crippen LogP contribution in [0.4, 0.5) is 0 Å².